The van der Waals surface area contributed by atoms with Crippen LogP contribution in [0.5, 0.6) is 0 Å². The summed E-state index contributed by atoms with van der Waals surface area (Å²) in [5.74, 6) is 0.904. The van der Waals surface area contributed by atoms with Gasteiger partial charge in [0.05, 0.1) is 18.2 Å². The average molecular weight is 281 g/mol. The molecule has 1 aliphatic rings. The second-order valence-corrected chi connectivity index (χ2v) is 5.41. The zero-order chi connectivity index (χ0) is 13.3. The van der Waals surface area contributed by atoms with Crippen molar-refractivity contribution in [2.45, 2.75) is 17.5 Å². The first kappa shape index (κ1) is 14.3. The van der Waals surface area contributed by atoms with Gasteiger partial charge in [0, 0.05) is 37.5 Å². The van der Waals surface area contributed by atoms with Crippen LogP contribution in [-0.4, -0.2) is 49.0 Å². The van der Waals surface area contributed by atoms with E-state index in [0.29, 0.717) is 19.6 Å². The molecule has 2 N–H and O–H groups in total. The molecule has 1 aliphatic heterocycles. The van der Waals surface area contributed by atoms with Crippen molar-refractivity contribution in [2.24, 2.45) is 0 Å². The second-order valence-electron chi connectivity index (χ2n) is 4.30. The Balaban J connectivity index is 1.56. The number of aromatic nitrogens is 1. The number of thioether (sulfide) groups is 1. The first-order valence-corrected chi connectivity index (χ1v) is 7.45. The smallest absolute Gasteiger partial charge is 0.221 e. The first-order valence-electron chi connectivity index (χ1n) is 6.46. The molecule has 0 spiro atoms. The molecule has 6 heteroatoms. The maximum atomic E-state index is 11.7. The number of amides is 1. The van der Waals surface area contributed by atoms with Gasteiger partial charge in [-0.15, -0.1) is 11.8 Å². The van der Waals surface area contributed by atoms with Crippen LogP contribution in [0.4, 0.5) is 0 Å². The normalized spacial score (nSPS) is 19.1. The minimum absolute atomic E-state index is 0.0737. The Labute approximate surface area is 117 Å². The Morgan fingerprint density at radius 1 is 1.58 bits per heavy atom. The first-order chi connectivity index (χ1) is 9.34. The van der Waals surface area contributed by atoms with Gasteiger partial charge in [-0.3, -0.25) is 4.79 Å². The second kappa shape index (κ2) is 8.14. The summed E-state index contributed by atoms with van der Waals surface area (Å²) in [6.07, 6.45) is 2.25. The molecule has 1 atom stereocenters. The lowest BCUT2D eigenvalue weighted by atomic mass is 10.2. The fourth-order valence-electron chi connectivity index (χ4n) is 1.83. The number of carbonyl (C=O) groups is 1. The van der Waals surface area contributed by atoms with E-state index >= 15 is 0 Å². The highest BCUT2D eigenvalue weighted by atomic mass is 32.2. The molecule has 0 unspecified atom stereocenters. The van der Waals surface area contributed by atoms with E-state index in [1.807, 2.05) is 18.2 Å². The van der Waals surface area contributed by atoms with E-state index in [4.69, 9.17) is 4.74 Å². The van der Waals surface area contributed by atoms with Gasteiger partial charge in [-0.25, -0.2) is 4.98 Å². The summed E-state index contributed by atoms with van der Waals surface area (Å²) in [4.78, 5) is 15.9. The molecule has 1 aromatic heterocycles. The van der Waals surface area contributed by atoms with Crippen molar-refractivity contribution < 1.29 is 9.53 Å². The highest BCUT2D eigenvalue weighted by Crippen LogP contribution is 2.12. The summed E-state index contributed by atoms with van der Waals surface area (Å²) in [6.45, 7) is 2.84. The number of hydrogen-bond donors (Lipinski definition) is 2. The number of rotatable bonds is 6. The minimum atomic E-state index is 0.0737. The fourth-order valence-corrected chi connectivity index (χ4v) is 2.55. The van der Waals surface area contributed by atoms with Crippen LogP contribution in [0.15, 0.2) is 29.4 Å². The number of hydrogen-bond acceptors (Lipinski definition) is 5. The van der Waals surface area contributed by atoms with Crippen molar-refractivity contribution in [3.8, 4) is 0 Å². The number of nitrogens with zero attached hydrogens (tertiary/aromatic N) is 1. The van der Waals surface area contributed by atoms with Gasteiger partial charge in [-0.05, 0) is 12.1 Å². The lowest BCUT2D eigenvalue weighted by molar-refractivity contribution is -0.122. The predicted octanol–water partition coefficient (Wildman–Crippen LogP) is 0.668. The summed E-state index contributed by atoms with van der Waals surface area (Å²) in [5.41, 5.74) is 0. The molecule has 1 fully saturated rings. The van der Waals surface area contributed by atoms with Crippen LogP contribution in [0.25, 0.3) is 0 Å². The fraction of sp³-hybridized carbons (Fsp3) is 0.538. The lowest BCUT2D eigenvalue weighted by Crippen LogP contribution is -2.44. The van der Waals surface area contributed by atoms with Crippen molar-refractivity contribution in [1.29, 1.82) is 0 Å². The van der Waals surface area contributed by atoms with Gasteiger partial charge >= 0.3 is 0 Å². The van der Waals surface area contributed by atoms with Crippen LogP contribution in [0.3, 0.4) is 0 Å². The number of nitrogens with one attached hydrogen (secondary N) is 2. The molecule has 5 nitrogen and oxygen atoms in total. The van der Waals surface area contributed by atoms with Gasteiger partial charge in [-0.2, -0.15) is 0 Å². The quantitative estimate of drug-likeness (QED) is 0.593. The van der Waals surface area contributed by atoms with Gasteiger partial charge in [0.2, 0.25) is 5.91 Å². The molecule has 0 radical (unpaired) electrons. The zero-order valence-corrected chi connectivity index (χ0v) is 11.6. The molecule has 104 valence electrons. The summed E-state index contributed by atoms with van der Waals surface area (Å²) in [5, 5.41) is 7.17. The summed E-state index contributed by atoms with van der Waals surface area (Å²) in [6, 6.07) is 5.97. The molecule has 0 aromatic carbocycles. The molecule has 1 saturated heterocycles. The van der Waals surface area contributed by atoms with E-state index in [1.165, 1.54) is 0 Å². The van der Waals surface area contributed by atoms with E-state index in [2.05, 4.69) is 15.6 Å². The summed E-state index contributed by atoms with van der Waals surface area (Å²) >= 11 is 1.64. The summed E-state index contributed by atoms with van der Waals surface area (Å²) < 4.78 is 5.31. The number of carbonyl (C=O) groups excluding carboxylic acids is 1. The lowest BCUT2D eigenvalue weighted by Gasteiger charge is -2.23. The van der Waals surface area contributed by atoms with Gasteiger partial charge in [0.25, 0.3) is 0 Å². The minimum Gasteiger partial charge on any atom is -0.378 e. The Morgan fingerprint density at radius 3 is 3.26 bits per heavy atom. The van der Waals surface area contributed by atoms with Crippen LogP contribution >= 0.6 is 11.8 Å². The Kier molecular flexibility index (Phi) is 6.13. The topological polar surface area (TPSA) is 63.2 Å². The van der Waals surface area contributed by atoms with E-state index in [1.54, 1.807) is 18.0 Å². The molecule has 0 bridgehead atoms. The predicted molar refractivity (Wildman–Crippen MR) is 75.2 cm³/mol. The Bertz CT molecular complexity index is 383. The molecular formula is C13H19N3O2S. The molecule has 2 rings (SSSR count). The van der Waals surface area contributed by atoms with E-state index < -0.39 is 0 Å². The maximum Gasteiger partial charge on any atom is 0.221 e. The van der Waals surface area contributed by atoms with Crippen LogP contribution in [-0.2, 0) is 9.53 Å². The van der Waals surface area contributed by atoms with E-state index in [9.17, 15) is 4.79 Å². The largest absolute Gasteiger partial charge is 0.378 e. The highest BCUT2D eigenvalue weighted by Gasteiger charge is 2.16. The van der Waals surface area contributed by atoms with Gasteiger partial charge in [-0.1, -0.05) is 6.07 Å². The Hall–Kier alpha value is -1.11. The van der Waals surface area contributed by atoms with Crippen LogP contribution in [0.2, 0.25) is 0 Å². The van der Waals surface area contributed by atoms with E-state index in [-0.39, 0.29) is 11.9 Å². The molecule has 1 amide bonds. The SMILES string of the molecule is O=C(C[C@H]1COCCN1)NCCSc1ccccn1. The molecular weight excluding hydrogens is 262 g/mol. The Morgan fingerprint density at radius 2 is 2.53 bits per heavy atom. The van der Waals surface area contributed by atoms with Crippen LogP contribution in [0, 0.1) is 0 Å². The third kappa shape index (κ3) is 5.59. The van der Waals surface area contributed by atoms with Crippen molar-refractivity contribution in [1.82, 2.24) is 15.6 Å². The van der Waals surface area contributed by atoms with Gasteiger partial charge in [0.1, 0.15) is 0 Å². The molecule has 2 heterocycles. The molecule has 19 heavy (non-hydrogen) atoms. The van der Waals surface area contributed by atoms with Crippen molar-refractivity contribution >= 4 is 17.7 Å². The monoisotopic (exact) mass is 281 g/mol. The summed E-state index contributed by atoms with van der Waals surface area (Å²) in [7, 11) is 0. The third-order valence-electron chi connectivity index (χ3n) is 2.74. The van der Waals surface area contributed by atoms with E-state index in [0.717, 1.165) is 23.9 Å². The number of morpholine rings is 1. The van der Waals surface area contributed by atoms with Gasteiger partial charge in [0.15, 0.2) is 0 Å². The third-order valence-corrected chi connectivity index (χ3v) is 3.69. The zero-order valence-electron chi connectivity index (χ0n) is 10.8. The number of ether oxygens (including phenoxy) is 1. The average Bonchev–Trinajstić information content (AvgIpc) is 2.46. The molecule has 0 aliphatic carbocycles. The van der Waals surface area contributed by atoms with Crippen molar-refractivity contribution in [3.05, 3.63) is 24.4 Å². The molecule has 1 aromatic rings. The standard InChI is InChI=1S/C13H19N3O2S/c17-12(9-11-10-18-7-5-14-11)15-6-8-19-13-3-1-2-4-16-13/h1-4,11,14H,5-10H2,(H,15,17)/t11-/m0/s1. The molecule has 0 saturated carbocycles. The number of pyridine rings is 1. The van der Waals surface area contributed by atoms with Crippen molar-refractivity contribution in [3.63, 3.8) is 0 Å². The van der Waals surface area contributed by atoms with Crippen molar-refractivity contribution in [2.75, 3.05) is 32.1 Å². The van der Waals surface area contributed by atoms with Crippen LogP contribution < -0.4 is 10.6 Å². The van der Waals surface area contributed by atoms with Gasteiger partial charge < -0.3 is 15.4 Å². The highest BCUT2D eigenvalue weighted by molar-refractivity contribution is 7.99. The maximum absolute atomic E-state index is 11.7. The van der Waals surface area contributed by atoms with Crippen LogP contribution in [0.1, 0.15) is 6.42 Å².